The second-order valence-electron chi connectivity index (χ2n) is 8.05. The Hall–Kier alpha value is -2.93. The fourth-order valence-corrected chi connectivity index (χ4v) is 3.95. The average molecular weight is 443 g/mol. The summed E-state index contributed by atoms with van der Waals surface area (Å²) in [6.07, 6.45) is 2.54. The van der Waals surface area contributed by atoms with Gasteiger partial charge in [-0.05, 0) is 54.8 Å². The van der Waals surface area contributed by atoms with Crippen molar-refractivity contribution < 1.29 is 23.8 Å². The van der Waals surface area contributed by atoms with Gasteiger partial charge in [0.15, 0.2) is 0 Å². The zero-order valence-electron chi connectivity index (χ0n) is 18.5. The molecule has 0 aromatic heterocycles. The number of hydrogen-bond donors (Lipinski definition) is 1. The highest BCUT2D eigenvalue weighted by Crippen LogP contribution is 2.27. The molecule has 172 valence electrons. The zero-order chi connectivity index (χ0) is 22.9. The smallest absolute Gasteiger partial charge is 0.303 e. The van der Waals surface area contributed by atoms with E-state index in [0.717, 1.165) is 24.2 Å². The summed E-state index contributed by atoms with van der Waals surface area (Å²) in [6.45, 7) is 5.15. The first-order chi connectivity index (χ1) is 15.5. The minimum absolute atomic E-state index is 0.0198. The molecule has 2 aromatic carbocycles. The number of benzene rings is 2. The predicted octanol–water partition coefficient (Wildman–Crippen LogP) is 4.37. The van der Waals surface area contributed by atoms with Crippen LogP contribution in [0.15, 0.2) is 48.5 Å². The molecule has 1 aliphatic rings. The summed E-state index contributed by atoms with van der Waals surface area (Å²) in [5, 5.41) is 9.13. The van der Waals surface area contributed by atoms with Gasteiger partial charge in [-0.25, -0.2) is 4.39 Å². The number of nitrogens with zero attached hydrogens (tertiary/aromatic N) is 2. The van der Waals surface area contributed by atoms with Crippen LogP contribution in [0, 0.1) is 5.82 Å². The Morgan fingerprint density at radius 1 is 1.03 bits per heavy atom. The van der Waals surface area contributed by atoms with Crippen LogP contribution in [0.25, 0.3) is 0 Å². The monoisotopic (exact) mass is 442 g/mol. The van der Waals surface area contributed by atoms with Gasteiger partial charge in [-0.15, -0.1) is 0 Å². The number of carboxylic acids is 1. The largest absolute Gasteiger partial charge is 0.494 e. The zero-order valence-corrected chi connectivity index (χ0v) is 18.5. The van der Waals surface area contributed by atoms with Gasteiger partial charge < -0.3 is 14.7 Å². The summed E-state index contributed by atoms with van der Waals surface area (Å²) in [6, 6.07) is 13.4. The lowest BCUT2D eigenvalue weighted by Crippen LogP contribution is -2.49. The summed E-state index contributed by atoms with van der Waals surface area (Å²) in [5.41, 5.74) is 1.52. The lowest BCUT2D eigenvalue weighted by atomic mass is 9.99. The first kappa shape index (κ1) is 23.7. The number of halogens is 1. The number of carbonyl (C=O) groups is 2. The third-order valence-corrected chi connectivity index (χ3v) is 5.80. The van der Waals surface area contributed by atoms with Crippen molar-refractivity contribution in [1.82, 2.24) is 9.80 Å². The summed E-state index contributed by atoms with van der Waals surface area (Å²) in [7, 11) is 0. The molecule has 0 spiro atoms. The van der Waals surface area contributed by atoms with Gasteiger partial charge in [-0.1, -0.05) is 25.5 Å². The van der Waals surface area contributed by atoms with E-state index in [0.29, 0.717) is 44.8 Å². The van der Waals surface area contributed by atoms with E-state index < -0.39 is 5.97 Å². The van der Waals surface area contributed by atoms with Gasteiger partial charge in [0.2, 0.25) is 0 Å². The lowest BCUT2D eigenvalue weighted by Gasteiger charge is -2.39. The van der Waals surface area contributed by atoms with Crippen LogP contribution in [0.1, 0.15) is 54.6 Å². The summed E-state index contributed by atoms with van der Waals surface area (Å²) in [4.78, 5) is 28.1. The standard InChI is InChI=1S/C25H31FN2O4/c1-2-3-18-32-22-10-6-20(7-11-22)25(31)28-16-14-27(15-17-28)23(12-13-24(29)30)19-4-8-21(26)9-5-19/h4-11,23H,2-3,12-18H2,1H3,(H,29,30)/t23-/m1/s1. The quantitative estimate of drug-likeness (QED) is 0.554. The molecular weight excluding hydrogens is 411 g/mol. The van der Waals surface area contributed by atoms with E-state index in [1.165, 1.54) is 12.1 Å². The molecule has 1 heterocycles. The normalized spacial score (nSPS) is 15.4. The van der Waals surface area contributed by atoms with Crippen molar-refractivity contribution in [2.24, 2.45) is 0 Å². The number of unbranched alkanes of at least 4 members (excludes halogenated alkanes) is 1. The predicted molar refractivity (Wildman–Crippen MR) is 120 cm³/mol. The number of carbonyl (C=O) groups excluding carboxylic acids is 1. The van der Waals surface area contributed by atoms with E-state index in [9.17, 15) is 14.0 Å². The lowest BCUT2D eigenvalue weighted by molar-refractivity contribution is -0.137. The fraction of sp³-hybridized carbons (Fsp3) is 0.440. The van der Waals surface area contributed by atoms with Crippen LogP contribution >= 0.6 is 0 Å². The molecule has 3 rings (SSSR count). The van der Waals surface area contributed by atoms with Crippen molar-refractivity contribution in [3.8, 4) is 5.75 Å². The van der Waals surface area contributed by atoms with Crippen molar-refractivity contribution in [1.29, 1.82) is 0 Å². The maximum atomic E-state index is 13.4. The van der Waals surface area contributed by atoms with Gasteiger partial charge in [-0.2, -0.15) is 0 Å². The Morgan fingerprint density at radius 3 is 2.28 bits per heavy atom. The van der Waals surface area contributed by atoms with E-state index in [2.05, 4.69) is 11.8 Å². The maximum absolute atomic E-state index is 13.4. The summed E-state index contributed by atoms with van der Waals surface area (Å²) >= 11 is 0. The van der Waals surface area contributed by atoms with Gasteiger partial charge in [0, 0.05) is 44.2 Å². The molecular formula is C25H31FN2O4. The van der Waals surface area contributed by atoms with Crippen molar-refractivity contribution >= 4 is 11.9 Å². The van der Waals surface area contributed by atoms with Crippen LogP contribution in [0.4, 0.5) is 4.39 Å². The molecule has 0 bridgehead atoms. The third-order valence-electron chi connectivity index (χ3n) is 5.80. The highest BCUT2D eigenvalue weighted by Gasteiger charge is 2.28. The fourth-order valence-electron chi connectivity index (χ4n) is 3.95. The Balaban J connectivity index is 1.59. The molecule has 0 saturated carbocycles. The van der Waals surface area contributed by atoms with Gasteiger partial charge in [0.25, 0.3) is 5.91 Å². The molecule has 1 aliphatic heterocycles. The van der Waals surface area contributed by atoms with Crippen LogP contribution in [-0.4, -0.2) is 59.6 Å². The van der Waals surface area contributed by atoms with E-state index in [-0.39, 0.29) is 24.2 Å². The van der Waals surface area contributed by atoms with Crippen molar-refractivity contribution in [2.45, 2.75) is 38.6 Å². The number of amides is 1. The molecule has 1 N–H and O–H groups in total. The van der Waals surface area contributed by atoms with E-state index in [4.69, 9.17) is 9.84 Å². The molecule has 2 aromatic rings. The number of rotatable bonds is 10. The Labute approximate surface area is 188 Å². The minimum atomic E-state index is -0.854. The molecule has 1 saturated heterocycles. The molecule has 6 nitrogen and oxygen atoms in total. The van der Waals surface area contributed by atoms with E-state index in [1.54, 1.807) is 24.3 Å². The average Bonchev–Trinajstić information content (AvgIpc) is 2.81. The molecule has 1 atom stereocenters. The van der Waals surface area contributed by atoms with Gasteiger partial charge >= 0.3 is 5.97 Å². The van der Waals surface area contributed by atoms with Gasteiger partial charge in [0.1, 0.15) is 11.6 Å². The van der Waals surface area contributed by atoms with Crippen LogP contribution in [0.5, 0.6) is 5.75 Å². The Kier molecular flexibility index (Phi) is 8.62. The van der Waals surface area contributed by atoms with Crippen molar-refractivity contribution in [3.63, 3.8) is 0 Å². The van der Waals surface area contributed by atoms with Crippen molar-refractivity contribution in [2.75, 3.05) is 32.8 Å². The molecule has 7 heteroatoms. The topological polar surface area (TPSA) is 70.1 Å². The van der Waals surface area contributed by atoms with E-state index >= 15 is 0 Å². The number of carboxylic acid groups (broad SMARTS) is 1. The maximum Gasteiger partial charge on any atom is 0.303 e. The molecule has 1 amide bonds. The molecule has 0 aliphatic carbocycles. The van der Waals surface area contributed by atoms with E-state index in [1.807, 2.05) is 17.0 Å². The number of piperazine rings is 1. The highest BCUT2D eigenvalue weighted by atomic mass is 19.1. The number of ether oxygens (including phenoxy) is 1. The van der Waals surface area contributed by atoms with Gasteiger partial charge in [-0.3, -0.25) is 14.5 Å². The van der Waals surface area contributed by atoms with Crippen molar-refractivity contribution in [3.05, 3.63) is 65.5 Å². The second-order valence-corrected chi connectivity index (χ2v) is 8.05. The molecule has 1 fully saturated rings. The second kappa shape index (κ2) is 11.6. The van der Waals surface area contributed by atoms with Crippen LogP contribution in [0.3, 0.4) is 0 Å². The van der Waals surface area contributed by atoms with Crippen LogP contribution in [0.2, 0.25) is 0 Å². The third kappa shape index (κ3) is 6.53. The van der Waals surface area contributed by atoms with Gasteiger partial charge in [0.05, 0.1) is 6.61 Å². The highest BCUT2D eigenvalue weighted by molar-refractivity contribution is 5.94. The Morgan fingerprint density at radius 2 is 1.69 bits per heavy atom. The van der Waals surface area contributed by atoms with Crippen LogP contribution < -0.4 is 4.74 Å². The minimum Gasteiger partial charge on any atom is -0.494 e. The number of aliphatic carboxylic acids is 1. The summed E-state index contributed by atoms with van der Waals surface area (Å²) < 4.78 is 19.0. The first-order valence-corrected chi connectivity index (χ1v) is 11.2. The SMILES string of the molecule is CCCCOc1ccc(C(=O)N2CCN([C@H](CCC(=O)O)c3ccc(F)cc3)CC2)cc1. The van der Waals surface area contributed by atoms with Crippen LogP contribution in [-0.2, 0) is 4.79 Å². The first-order valence-electron chi connectivity index (χ1n) is 11.2. The summed E-state index contributed by atoms with van der Waals surface area (Å²) in [5.74, 6) is -0.426. The molecule has 0 unspecified atom stereocenters. The Bertz CT molecular complexity index is 878. The molecule has 0 radical (unpaired) electrons. The number of hydrogen-bond acceptors (Lipinski definition) is 4. The molecule has 32 heavy (non-hydrogen) atoms.